The Bertz CT molecular complexity index is 411. The highest BCUT2D eigenvalue weighted by Crippen LogP contribution is 2.31. The van der Waals surface area contributed by atoms with Crippen LogP contribution in [0.2, 0.25) is 0 Å². The van der Waals surface area contributed by atoms with Gasteiger partial charge in [-0.25, -0.2) is 0 Å². The third kappa shape index (κ3) is 2.92. The first kappa shape index (κ1) is 11.8. The molecule has 0 aromatic heterocycles. The molecule has 0 spiro atoms. The molecular formula is C14H17NO2. The van der Waals surface area contributed by atoms with Gasteiger partial charge in [-0.2, -0.15) is 0 Å². The molecule has 1 aliphatic rings. The van der Waals surface area contributed by atoms with E-state index in [1.54, 1.807) is 0 Å². The van der Waals surface area contributed by atoms with Crippen molar-refractivity contribution in [3.63, 3.8) is 0 Å². The number of rotatable bonds is 4. The number of ether oxygens (including phenoxy) is 2. The Kier molecular flexibility index (Phi) is 3.89. The number of hydrogen-bond acceptors (Lipinski definition) is 3. The quantitative estimate of drug-likeness (QED) is 0.636. The molecule has 90 valence electrons. The Hall–Kier alpha value is -1.66. The molecule has 0 saturated carbocycles. The molecule has 1 aromatic rings. The molecule has 2 unspecified atom stereocenters. The van der Waals surface area contributed by atoms with Gasteiger partial charge >= 0.3 is 0 Å². The van der Waals surface area contributed by atoms with E-state index in [0.717, 1.165) is 30.8 Å². The minimum Gasteiger partial charge on any atom is -0.486 e. The molecule has 17 heavy (non-hydrogen) atoms. The number of fused-ring (bicyclic) bond motifs is 1. The smallest absolute Gasteiger partial charge is 0.161 e. The van der Waals surface area contributed by atoms with Crippen molar-refractivity contribution in [2.75, 3.05) is 6.61 Å². The standard InChI is InChI=1S/C14H17NO2/c1-2-3-4-7-11(15)14-10-16-12-8-5-6-9-13(12)17-14/h1,5-6,8-9,11,14H,3-4,7,10,15H2. The van der Waals surface area contributed by atoms with Crippen LogP contribution in [0.15, 0.2) is 24.3 Å². The van der Waals surface area contributed by atoms with E-state index >= 15 is 0 Å². The van der Waals surface area contributed by atoms with Crippen LogP contribution in [0.3, 0.4) is 0 Å². The van der Waals surface area contributed by atoms with Crippen molar-refractivity contribution in [3.05, 3.63) is 24.3 Å². The lowest BCUT2D eigenvalue weighted by molar-refractivity contribution is 0.0697. The van der Waals surface area contributed by atoms with Gasteiger partial charge in [0, 0.05) is 12.5 Å². The van der Waals surface area contributed by atoms with Gasteiger partial charge in [0.1, 0.15) is 12.7 Å². The van der Waals surface area contributed by atoms with Crippen LogP contribution >= 0.6 is 0 Å². The zero-order valence-electron chi connectivity index (χ0n) is 9.76. The van der Waals surface area contributed by atoms with Crippen molar-refractivity contribution in [2.45, 2.75) is 31.4 Å². The van der Waals surface area contributed by atoms with Gasteiger partial charge in [0.2, 0.25) is 0 Å². The van der Waals surface area contributed by atoms with E-state index in [0.29, 0.717) is 6.61 Å². The number of para-hydroxylation sites is 2. The first-order chi connectivity index (χ1) is 8.31. The minimum atomic E-state index is -0.0809. The lowest BCUT2D eigenvalue weighted by Gasteiger charge is -2.30. The number of benzene rings is 1. The highest BCUT2D eigenvalue weighted by atomic mass is 16.6. The van der Waals surface area contributed by atoms with E-state index < -0.39 is 0 Å². The molecule has 2 rings (SSSR count). The fraction of sp³-hybridized carbons (Fsp3) is 0.429. The van der Waals surface area contributed by atoms with Gasteiger partial charge in [0.25, 0.3) is 0 Å². The third-order valence-corrected chi connectivity index (χ3v) is 2.87. The second kappa shape index (κ2) is 5.60. The van der Waals surface area contributed by atoms with Gasteiger partial charge in [0.15, 0.2) is 11.5 Å². The van der Waals surface area contributed by atoms with Crippen LogP contribution in [0.5, 0.6) is 11.5 Å². The molecule has 0 amide bonds. The Labute approximate surface area is 102 Å². The van der Waals surface area contributed by atoms with E-state index in [-0.39, 0.29) is 12.1 Å². The van der Waals surface area contributed by atoms with Crippen LogP contribution in [-0.2, 0) is 0 Å². The maximum absolute atomic E-state index is 6.07. The van der Waals surface area contributed by atoms with Crippen molar-refractivity contribution in [2.24, 2.45) is 5.73 Å². The van der Waals surface area contributed by atoms with Crippen molar-refractivity contribution in [3.8, 4) is 23.8 Å². The van der Waals surface area contributed by atoms with Crippen LogP contribution < -0.4 is 15.2 Å². The fourth-order valence-corrected chi connectivity index (χ4v) is 1.87. The maximum Gasteiger partial charge on any atom is 0.161 e. The van der Waals surface area contributed by atoms with E-state index in [4.69, 9.17) is 21.6 Å². The second-order valence-electron chi connectivity index (χ2n) is 4.17. The maximum atomic E-state index is 6.07. The average Bonchev–Trinajstić information content (AvgIpc) is 2.38. The molecule has 0 bridgehead atoms. The van der Waals surface area contributed by atoms with Gasteiger partial charge in [-0.15, -0.1) is 12.3 Å². The lowest BCUT2D eigenvalue weighted by Crippen LogP contribution is -2.44. The molecule has 2 atom stereocenters. The Morgan fingerprint density at radius 1 is 1.41 bits per heavy atom. The summed E-state index contributed by atoms with van der Waals surface area (Å²) in [6.07, 6.45) is 7.68. The van der Waals surface area contributed by atoms with E-state index in [9.17, 15) is 0 Å². The molecule has 3 nitrogen and oxygen atoms in total. The number of unbranched alkanes of at least 4 members (excludes halogenated alkanes) is 1. The molecular weight excluding hydrogens is 214 g/mol. The zero-order chi connectivity index (χ0) is 12.1. The Balaban J connectivity index is 1.91. The van der Waals surface area contributed by atoms with Gasteiger partial charge in [-0.05, 0) is 25.0 Å². The topological polar surface area (TPSA) is 44.5 Å². The average molecular weight is 231 g/mol. The van der Waals surface area contributed by atoms with Crippen LogP contribution in [0.25, 0.3) is 0 Å². The summed E-state index contributed by atoms with van der Waals surface area (Å²) in [5.41, 5.74) is 6.07. The Morgan fingerprint density at radius 2 is 2.18 bits per heavy atom. The number of hydrogen-bond donors (Lipinski definition) is 1. The van der Waals surface area contributed by atoms with Crippen molar-refractivity contribution >= 4 is 0 Å². The summed E-state index contributed by atoms with van der Waals surface area (Å²) in [5, 5.41) is 0. The molecule has 1 aliphatic heterocycles. The molecule has 2 N–H and O–H groups in total. The minimum absolute atomic E-state index is 0.0308. The van der Waals surface area contributed by atoms with Gasteiger partial charge in [0.05, 0.1) is 0 Å². The van der Waals surface area contributed by atoms with Gasteiger partial charge in [-0.3, -0.25) is 0 Å². The molecule has 0 saturated heterocycles. The number of nitrogens with two attached hydrogens (primary N) is 1. The summed E-state index contributed by atoms with van der Waals surface area (Å²) in [5.74, 6) is 4.18. The number of terminal acetylenes is 1. The molecule has 0 aliphatic carbocycles. The summed E-state index contributed by atoms with van der Waals surface area (Å²) in [4.78, 5) is 0. The van der Waals surface area contributed by atoms with E-state index in [1.165, 1.54) is 0 Å². The second-order valence-corrected chi connectivity index (χ2v) is 4.17. The third-order valence-electron chi connectivity index (χ3n) is 2.87. The lowest BCUT2D eigenvalue weighted by atomic mass is 10.0. The van der Waals surface area contributed by atoms with Crippen molar-refractivity contribution in [1.82, 2.24) is 0 Å². The SMILES string of the molecule is C#CCCCC(N)C1COc2ccccc2O1. The Morgan fingerprint density at radius 3 is 2.94 bits per heavy atom. The van der Waals surface area contributed by atoms with Crippen molar-refractivity contribution in [1.29, 1.82) is 0 Å². The zero-order valence-corrected chi connectivity index (χ0v) is 9.76. The molecule has 0 radical (unpaired) electrons. The highest BCUT2D eigenvalue weighted by molar-refractivity contribution is 5.40. The predicted octanol–water partition coefficient (Wildman–Crippen LogP) is 1.96. The largest absolute Gasteiger partial charge is 0.486 e. The van der Waals surface area contributed by atoms with Crippen LogP contribution in [0, 0.1) is 12.3 Å². The van der Waals surface area contributed by atoms with E-state index in [1.807, 2.05) is 24.3 Å². The summed E-state index contributed by atoms with van der Waals surface area (Å²) >= 11 is 0. The van der Waals surface area contributed by atoms with Gasteiger partial charge < -0.3 is 15.2 Å². The van der Waals surface area contributed by atoms with Crippen LogP contribution in [0.1, 0.15) is 19.3 Å². The molecule has 3 heteroatoms. The van der Waals surface area contributed by atoms with E-state index in [2.05, 4.69) is 5.92 Å². The van der Waals surface area contributed by atoms with Crippen LogP contribution in [-0.4, -0.2) is 18.8 Å². The monoisotopic (exact) mass is 231 g/mol. The van der Waals surface area contributed by atoms with Crippen molar-refractivity contribution < 1.29 is 9.47 Å². The molecule has 1 heterocycles. The van der Waals surface area contributed by atoms with Crippen LogP contribution in [0.4, 0.5) is 0 Å². The highest BCUT2D eigenvalue weighted by Gasteiger charge is 2.25. The summed E-state index contributed by atoms with van der Waals surface area (Å²) in [6.45, 7) is 0.508. The summed E-state index contributed by atoms with van der Waals surface area (Å²) in [7, 11) is 0. The summed E-state index contributed by atoms with van der Waals surface area (Å²) in [6, 6.07) is 7.62. The summed E-state index contributed by atoms with van der Waals surface area (Å²) < 4.78 is 11.4. The normalized spacial score (nSPS) is 19.4. The molecule has 0 fully saturated rings. The molecule has 1 aromatic carbocycles. The first-order valence-corrected chi connectivity index (χ1v) is 5.89. The first-order valence-electron chi connectivity index (χ1n) is 5.89. The fourth-order valence-electron chi connectivity index (χ4n) is 1.87. The van der Waals surface area contributed by atoms with Gasteiger partial charge in [-0.1, -0.05) is 12.1 Å². The predicted molar refractivity (Wildman–Crippen MR) is 67.0 cm³/mol.